The second-order valence-electron chi connectivity index (χ2n) is 4.87. The Balaban J connectivity index is 2.01. The minimum Gasteiger partial charge on any atom is -0.481 e. The summed E-state index contributed by atoms with van der Waals surface area (Å²) in [4.78, 5) is 0. The van der Waals surface area contributed by atoms with Gasteiger partial charge in [-0.15, -0.1) is 0 Å². The highest BCUT2D eigenvalue weighted by Gasteiger charge is 2.24. The van der Waals surface area contributed by atoms with Crippen LogP contribution < -0.4 is 15.2 Å². The molecule has 7 heteroatoms. The molecule has 0 heterocycles. The van der Waals surface area contributed by atoms with Crippen molar-refractivity contribution in [1.82, 2.24) is 0 Å². The van der Waals surface area contributed by atoms with Crippen molar-refractivity contribution in [2.75, 3.05) is 25.3 Å². The summed E-state index contributed by atoms with van der Waals surface area (Å²) in [7, 11) is -3.25. The van der Waals surface area contributed by atoms with E-state index >= 15 is 0 Å². The first kappa shape index (κ1) is 18.3. The van der Waals surface area contributed by atoms with Crippen LogP contribution in [0.4, 0.5) is 5.69 Å². The Morgan fingerprint density at radius 1 is 0.917 bits per heavy atom. The van der Waals surface area contributed by atoms with E-state index in [1.807, 2.05) is 0 Å². The van der Waals surface area contributed by atoms with Crippen molar-refractivity contribution < 1.29 is 23.1 Å². The van der Waals surface area contributed by atoms with Gasteiger partial charge >= 0.3 is 7.60 Å². The van der Waals surface area contributed by atoms with Crippen LogP contribution in [0.15, 0.2) is 48.5 Å². The molecule has 0 unspecified atom stereocenters. The van der Waals surface area contributed by atoms with Crippen molar-refractivity contribution in [1.29, 1.82) is 0 Å². The molecule has 0 aliphatic carbocycles. The average molecular weight is 351 g/mol. The maximum absolute atomic E-state index is 12.4. The fraction of sp³-hybridized carbons (Fsp3) is 0.294. The zero-order chi connectivity index (χ0) is 17.4. The van der Waals surface area contributed by atoms with E-state index in [-0.39, 0.29) is 6.35 Å². The fourth-order valence-electron chi connectivity index (χ4n) is 1.96. The molecule has 0 atom stereocenters. The van der Waals surface area contributed by atoms with Crippen molar-refractivity contribution in [3.05, 3.63) is 48.5 Å². The second-order valence-corrected chi connectivity index (χ2v) is 6.86. The molecule has 2 aromatic carbocycles. The number of nitrogens with two attached hydrogens (primary N) is 1. The van der Waals surface area contributed by atoms with E-state index in [9.17, 15) is 4.57 Å². The third kappa shape index (κ3) is 5.57. The molecule has 0 aromatic heterocycles. The third-order valence-corrected chi connectivity index (χ3v) is 4.71. The molecule has 0 saturated carbocycles. The number of ether oxygens (including phenoxy) is 2. The molecule has 2 N–H and O–H groups in total. The van der Waals surface area contributed by atoms with Crippen molar-refractivity contribution in [3.8, 4) is 17.2 Å². The minimum absolute atomic E-state index is 0.153. The van der Waals surface area contributed by atoms with Gasteiger partial charge in [-0.25, -0.2) is 0 Å². The topological polar surface area (TPSA) is 80.0 Å². The van der Waals surface area contributed by atoms with Crippen LogP contribution in [0.1, 0.15) is 13.8 Å². The molecular weight excluding hydrogens is 329 g/mol. The van der Waals surface area contributed by atoms with E-state index in [0.29, 0.717) is 36.1 Å². The lowest BCUT2D eigenvalue weighted by Crippen LogP contribution is -2.05. The molecule has 24 heavy (non-hydrogen) atoms. The summed E-state index contributed by atoms with van der Waals surface area (Å²) in [6.07, 6.45) is -0.153. The smallest absolute Gasteiger partial charge is 0.367 e. The van der Waals surface area contributed by atoms with Crippen molar-refractivity contribution >= 4 is 13.3 Å². The lowest BCUT2D eigenvalue weighted by atomic mass is 10.3. The van der Waals surface area contributed by atoms with Crippen LogP contribution in [0, 0.1) is 0 Å². The van der Waals surface area contributed by atoms with Crippen LogP contribution in [0.25, 0.3) is 0 Å². The van der Waals surface area contributed by atoms with E-state index in [4.69, 9.17) is 24.3 Å². The number of hydrogen-bond acceptors (Lipinski definition) is 6. The summed E-state index contributed by atoms with van der Waals surface area (Å²) in [6.45, 7) is 4.10. The van der Waals surface area contributed by atoms with Gasteiger partial charge in [-0.05, 0) is 50.2 Å². The molecule has 0 aliphatic rings. The summed E-state index contributed by atoms with van der Waals surface area (Å²) >= 11 is 0. The van der Waals surface area contributed by atoms with Gasteiger partial charge in [-0.3, -0.25) is 4.57 Å². The van der Waals surface area contributed by atoms with E-state index in [0.717, 1.165) is 0 Å². The summed E-state index contributed by atoms with van der Waals surface area (Å²) in [5.74, 6) is 1.78. The molecule has 0 spiro atoms. The predicted molar refractivity (Wildman–Crippen MR) is 93.7 cm³/mol. The van der Waals surface area contributed by atoms with Crippen LogP contribution >= 0.6 is 7.60 Å². The zero-order valence-corrected chi connectivity index (χ0v) is 14.7. The van der Waals surface area contributed by atoms with Gasteiger partial charge in [-0.1, -0.05) is 6.07 Å². The molecule has 2 aromatic rings. The number of anilines is 1. The highest BCUT2D eigenvalue weighted by Crippen LogP contribution is 2.48. The third-order valence-electron chi connectivity index (χ3n) is 2.96. The number of nitrogen functional groups attached to an aromatic ring is 1. The summed E-state index contributed by atoms with van der Waals surface area (Å²) in [6, 6.07) is 14.1. The number of rotatable bonds is 9. The Kier molecular flexibility index (Phi) is 6.67. The summed E-state index contributed by atoms with van der Waals surface area (Å²) in [5, 5.41) is 0. The Morgan fingerprint density at radius 2 is 1.54 bits per heavy atom. The molecule has 0 amide bonds. The van der Waals surface area contributed by atoms with E-state index in [1.165, 1.54) is 0 Å². The first-order valence-corrected chi connectivity index (χ1v) is 9.42. The van der Waals surface area contributed by atoms with E-state index in [1.54, 1.807) is 62.4 Å². The van der Waals surface area contributed by atoms with Gasteiger partial charge in [0.15, 0.2) is 6.35 Å². The monoisotopic (exact) mass is 351 g/mol. The highest BCUT2D eigenvalue weighted by atomic mass is 31.2. The number of hydrogen-bond donors (Lipinski definition) is 1. The minimum atomic E-state index is -3.25. The molecule has 0 bridgehead atoms. The zero-order valence-electron chi connectivity index (χ0n) is 13.8. The molecule has 0 aliphatic heterocycles. The first-order valence-electron chi connectivity index (χ1n) is 7.69. The van der Waals surface area contributed by atoms with Gasteiger partial charge in [0.05, 0.1) is 13.2 Å². The number of benzene rings is 2. The lowest BCUT2D eigenvalue weighted by molar-refractivity contribution is 0.196. The van der Waals surface area contributed by atoms with Crippen LogP contribution in [0.3, 0.4) is 0 Å². The molecule has 2 rings (SSSR count). The first-order chi connectivity index (χ1) is 11.5. The maximum Gasteiger partial charge on any atom is 0.367 e. The van der Waals surface area contributed by atoms with Gasteiger partial charge < -0.3 is 24.3 Å². The van der Waals surface area contributed by atoms with Crippen molar-refractivity contribution in [2.24, 2.45) is 0 Å². The van der Waals surface area contributed by atoms with Crippen LogP contribution in [0.2, 0.25) is 0 Å². The lowest BCUT2D eigenvalue weighted by Gasteiger charge is -2.17. The Bertz CT molecular complexity index is 680. The molecule has 0 radical (unpaired) electrons. The Labute approximate surface area is 142 Å². The van der Waals surface area contributed by atoms with Crippen LogP contribution in [-0.2, 0) is 13.6 Å². The largest absolute Gasteiger partial charge is 0.481 e. The van der Waals surface area contributed by atoms with Gasteiger partial charge in [0.1, 0.15) is 17.2 Å². The van der Waals surface area contributed by atoms with Crippen molar-refractivity contribution in [3.63, 3.8) is 0 Å². The van der Waals surface area contributed by atoms with Crippen LogP contribution in [0.5, 0.6) is 17.2 Å². The Hall–Kier alpha value is -2.01. The SMILES string of the molecule is CCOP(=O)(COc1cccc(Oc2ccc(N)cc2)c1)OCC. The average Bonchev–Trinajstić information content (AvgIpc) is 2.56. The van der Waals surface area contributed by atoms with Gasteiger partial charge in [0.25, 0.3) is 0 Å². The van der Waals surface area contributed by atoms with Gasteiger partial charge in [0.2, 0.25) is 0 Å². The normalized spacial score (nSPS) is 11.2. The molecular formula is C17H22NO5P. The summed E-state index contributed by atoms with van der Waals surface area (Å²) in [5.41, 5.74) is 6.32. The fourth-order valence-corrected chi connectivity index (χ4v) is 3.28. The van der Waals surface area contributed by atoms with E-state index < -0.39 is 7.60 Å². The maximum atomic E-state index is 12.4. The Morgan fingerprint density at radius 3 is 2.17 bits per heavy atom. The van der Waals surface area contributed by atoms with E-state index in [2.05, 4.69) is 0 Å². The van der Waals surface area contributed by atoms with Gasteiger partial charge in [-0.2, -0.15) is 0 Å². The molecule has 0 saturated heterocycles. The van der Waals surface area contributed by atoms with Gasteiger partial charge in [0, 0.05) is 11.8 Å². The second kappa shape index (κ2) is 8.73. The quantitative estimate of drug-likeness (QED) is 0.523. The molecule has 130 valence electrons. The standard InChI is InChI=1S/C17H22NO5P/c1-3-21-24(19,22-4-2)13-20-16-6-5-7-17(12-16)23-15-10-8-14(18)9-11-15/h5-12H,3-4,13,18H2,1-2H3. The molecule has 6 nitrogen and oxygen atoms in total. The van der Waals surface area contributed by atoms with Crippen molar-refractivity contribution in [2.45, 2.75) is 13.8 Å². The summed E-state index contributed by atoms with van der Waals surface area (Å²) < 4.78 is 34.1. The predicted octanol–water partition coefficient (Wildman–Crippen LogP) is 4.66. The molecule has 0 fully saturated rings. The highest BCUT2D eigenvalue weighted by molar-refractivity contribution is 7.53. The van der Waals surface area contributed by atoms with Crippen LogP contribution in [-0.4, -0.2) is 19.6 Å².